The zero-order valence-corrected chi connectivity index (χ0v) is 15.0. The highest BCUT2D eigenvalue weighted by atomic mass is 31.1. The summed E-state index contributed by atoms with van der Waals surface area (Å²) in [5.41, 5.74) is 2.61. The summed E-state index contributed by atoms with van der Waals surface area (Å²) in [4.78, 5) is 0. The van der Waals surface area contributed by atoms with Crippen LogP contribution >= 0.6 is 17.2 Å². The van der Waals surface area contributed by atoms with Gasteiger partial charge in [0.2, 0.25) is 0 Å². The molecule has 0 fully saturated rings. The minimum absolute atomic E-state index is 0.512. The summed E-state index contributed by atoms with van der Waals surface area (Å²) >= 11 is 0. The van der Waals surface area contributed by atoms with Crippen molar-refractivity contribution in [3.8, 4) is 0 Å². The molecule has 0 aliphatic carbocycles. The van der Waals surface area contributed by atoms with Gasteiger partial charge in [-0.3, -0.25) is 0 Å². The van der Waals surface area contributed by atoms with Crippen LogP contribution in [-0.4, -0.2) is 0 Å². The molecule has 3 rings (SSSR count). The molecule has 0 aliphatic heterocycles. The lowest BCUT2D eigenvalue weighted by atomic mass is 10.2. The van der Waals surface area contributed by atoms with Crippen LogP contribution in [0.5, 0.6) is 0 Å². The minimum atomic E-state index is -0.512. The first kappa shape index (κ1) is 15.4. The summed E-state index contributed by atoms with van der Waals surface area (Å²) < 4.78 is 0. The highest BCUT2D eigenvalue weighted by Crippen LogP contribution is 2.32. The Morgan fingerprint density at radius 1 is 0.636 bits per heavy atom. The molecule has 0 heterocycles. The van der Waals surface area contributed by atoms with Gasteiger partial charge in [0, 0.05) is 0 Å². The van der Waals surface area contributed by atoms with Crippen molar-refractivity contribution in [1.29, 1.82) is 0 Å². The van der Waals surface area contributed by atoms with E-state index >= 15 is 0 Å². The monoisotopic (exact) mass is 322 g/mol. The van der Waals surface area contributed by atoms with Gasteiger partial charge in [0.25, 0.3) is 0 Å². The predicted molar refractivity (Wildman–Crippen MR) is 104 cm³/mol. The zero-order chi connectivity index (χ0) is 15.5. The Balaban J connectivity index is 2.16. The Morgan fingerprint density at radius 2 is 1.09 bits per heavy atom. The summed E-state index contributed by atoms with van der Waals surface area (Å²) in [5.74, 6) is 0. The average molecular weight is 322 g/mol. The molecule has 0 aliphatic rings. The van der Waals surface area contributed by atoms with Crippen molar-refractivity contribution in [2.75, 3.05) is 0 Å². The summed E-state index contributed by atoms with van der Waals surface area (Å²) in [6.45, 7) is 4.28. The maximum atomic E-state index is 2.89. The van der Waals surface area contributed by atoms with Crippen LogP contribution in [0, 0.1) is 13.8 Å². The molecular weight excluding hydrogens is 302 g/mol. The van der Waals surface area contributed by atoms with Crippen molar-refractivity contribution in [1.82, 2.24) is 0 Å². The standard InChI is InChI=1S/C20H20P2/c1-15-7-11-17(12-8-15)22(18-13-9-16(2)10-14-18)20-6-4-3-5-19(20)21/h3-14H,21H2,1-2H3. The van der Waals surface area contributed by atoms with E-state index in [0.717, 1.165) is 0 Å². The highest BCUT2D eigenvalue weighted by molar-refractivity contribution is 7.80. The van der Waals surface area contributed by atoms with E-state index in [1.165, 1.54) is 32.3 Å². The van der Waals surface area contributed by atoms with Crippen LogP contribution in [0.4, 0.5) is 0 Å². The molecule has 0 spiro atoms. The molecule has 0 radical (unpaired) electrons. The lowest BCUT2D eigenvalue weighted by Crippen LogP contribution is -2.27. The van der Waals surface area contributed by atoms with E-state index in [0.29, 0.717) is 0 Å². The van der Waals surface area contributed by atoms with Crippen molar-refractivity contribution < 1.29 is 0 Å². The quantitative estimate of drug-likeness (QED) is 0.647. The van der Waals surface area contributed by atoms with Gasteiger partial charge in [0.15, 0.2) is 0 Å². The number of aryl methyl sites for hydroxylation is 2. The van der Waals surface area contributed by atoms with Gasteiger partial charge in [0.05, 0.1) is 0 Å². The molecule has 0 aromatic heterocycles. The Kier molecular flexibility index (Phi) is 4.72. The molecule has 1 unspecified atom stereocenters. The molecular formula is C20H20P2. The first-order valence-electron chi connectivity index (χ1n) is 7.43. The molecule has 0 saturated heterocycles. The molecule has 0 saturated carbocycles. The number of hydrogen-bond acceptors (Lipinski definition) is 0. The van der Waals surface area contributed by atoms with E-state index in [-0.39, 0.29) is 0 Å². The maximum absolute atomic E-state index is 2.89. The van der Waals surface area contributed by atoms with E-state index in [4.69, 9.17) is 0 Å². The summed E-state index contributed by atoms with van der Waals surface area (Å²) in [6, 6.07) is 26.6. The van der Waals surface area contributed by atoms with Gasteiger partial charge < -0.3 is 0 Å². The van der Waals surface area contributed by atoms with E-state index < -0.39 is 7.92 Å². The van der Waals surface area contributed by atoms with Gasteiger partial charge in [-0.2, -0.15) is 0 Å². The zero-order valence-electron chi connectivity index (χ0n) is 13.0. The van der Waals surface area contributed by atoms with Crippen LogP contribution in [0.25, 0.3) is 0 Å². The highest BCUT2D eigenvalue weighted by Gasteiger charge is 2.17. The number of rotatable bonds is 3. The third-order valence-corrected chi connectivity index (χ3v) is 7.03. The third-order valence-electron chi connectivity index (χ3n) is 3.76. The Hall–Kier alpha value is -1.48. The second-order valence-corrected chi connectivity index (χ2v) is 8.37. The third kappa shape index (κ3) is 3.30. The molecule has 0 N–H and O–H groups in total. The molecule has 3 aromatic carbocycles. The van der Waals surface area contributed by atoms with Crippen molar-refractivity contribution >= 4 is 38.4 Å². The van der Waals surface area contributed by atoms with Gasteiger partial charge in [-0.1, -0.05) is 83.9 Å². The summed E-state index contributed by atoms with van der Waals surface area (Å²) in [5, 5.41) is 5.50. The van der Waals surface area contributed by atoms with E-state index in [1.807, 2.05) is 0 Å². The maximum Gasteiger partial charge on any atom is -0.00795 e. The van der Waals surface area contributed by atoms with Gasteiger partial charge >= 0.3 is 0 Å². The van der Waals surface area contributed by atoms with Crippen LogP contribution in [-0.2, 0) is 0 Å². The SMILES string of the molecule is Cc1ccc(P(c2ccc(C)cc2)c2ccccc2P)cc1. The fraction of sp³-hybridized carbons (Fsp3) is 0.100. The lowest BCUT2D eigenvalue weighted by molar-refractivity contribution is 1.49. The fourth-order valence-electron chi connectivity index (χ4n) is 2.51. The molecule has 0 bridgehead atoms. The summed E-state index contributed by atoms with van der Waals surface area (Å²) in [7, 11) is 2.38. The number of benzene rings is 3. The van der Waals surface area contributed by atoms with Crippen LogP contribution in [0.2, 0.25) is 0 Å². The average Bonchev–Trinajstić information content (AvgIpc) is 2.53. The van der Waals surface area contributed by atoms with Crippen LogP contribution in [0.3, 0.4) is 0 Å². The van der Waals surface area contributed by atoms with E-state index in [2.05, 4.69) is 95.9 Å². The van der Waals surface area contributed by atoms with Crippen LogP contribution < -0.4 is 21.2 Å². The van der Waals surface area contributed by atoms with Crippen LogP contribution in [0.1, 0.15) is 11.1 Å². The van der Waals surface area contributed by atoms with Crippen LogP contribution in [0.15, 0.2) is 72.8 Å². The van der Waals surface area contributed by atoms with Gasteiger partial charge in [-0.15, -0.1) is 9.24 Å². The number of hydrogen-bond donors (Lipinski definition) is 0. The lowest BCUT2D eigenvalue weighted by Gasteiger charge is -2.21. The second-order valence-electron chi connectivity index (χ2n) is 5.57. The topological polar surface area (TPSA) is 0 Å². The van der Waals surface area contributed by atoms with E-state index in [9.17, 15) is 0 Å². The van der Waals surface area contributed by atoms with Crippen molar-refractivity contribution in [3.63, 3.8) is 0 Å². The normalized spacial score (nSPS) is 10.9. The van der Waals surface area contributed by atoms with Crippen molar-refractivity contribution in [3.05, 3.63) is 83.9 Å². The first-order chi connectivity index (χ1) is 10.6. The first-order valence-corrected chi connectivity index (χ1v) is 9.35. The smallest absolute Gasteiger partial charge is 0.00795 e. The van der Waals surface area contributed by atoms with Gasteiger partial charge in [-0.05, 0) is 43.0 Å². The molecule has 22 heavy (non-hydrogen) atoms. The molecule has 110 valence electrons. The van der Waals surface area contributed by atoms with Gasteiger partial charge in [-0.25, -0.2) is 0 Å². The minimum Gasteiger partial charge on any atom is -0.105 e. The van der Waals surface area contributed by atoms with Crippen molar-refractivity contribution in [2.24, 2.45) is 0 Å². The fourth-order valence-corrected chi connectivity index (χ4v) is 5.42. The Bertz CT molecular complexity index is 713. The molecule has 2 heteroatoms. The molecule has 0 amide bonds. The Labute approximate surface area is 136 Å². The molecule has 0 nitrogen and oxygen atoms in total. The molecule has 3 aromatic rings. The van der Waals surface area contributed by atoms with Gasteiger partial charge in [0.1, 0.15) is 0 Å². The Morgan fingerprint density at radius 3 is 1.55 bits per heavy atom. The largest absolute Gasteiger partial charge is 0.105 e. The van der Waals surface area contributed by atoms with E-state index in [1.54, 1.807) is 0 Å². The van der Waals surface area contributed by atoms with Crippen molar-refractivity contribution in [2.45, 2.75) is 13.8 Å². The second kappa shape index (κ2) is 6.74. The predicted octanol–water partition coefficient (Wildman–Crippen LogP) is 3.56. The molecule has 1 atom stereocenters. The summed E-state index contributed by atoms with van der Waals surface area (Å²) in [6.07, 6.45) is 0.